The Morgan fingerprint density at radius 1 is 1.25 bits per heavy atom. The maximum atomic E-state index is 13.5. The van der Waals surface area contributed by atoms with Gasteiger partial charge in [-0.3, -0.25) is 9.10 Å². The minimum atomic E-state index is -4.06. The number of benzene rings is 2. The molecule has 0 saturated carbocycles. The zero-order valence-electron chi connectivity index (χ0n) is 15.0. The van der Waals surface area contributed by atoms with E-state index in [4.69, 9.17) is 16.3 Å². The molecule has 0 spiro atoms. The fourth-order valence-corrected chi connectivity index (χ4v) is 4.50. The SMILES string of the molecule is O=C(CN(c1ccc(F)c(Cl)c1)S(=O)(=O)c1ccccc1)NCC1CCCO1. The highest BCUT2D eigenvalue weighted by atomic mass is 35.5. The van der Waals surface area contributed by atoms with Gasteiger partial charge in [-0.1, -0.05) is 29.8 Å². The molecule has 1 fully saturated rings. The highest BCUT2D eigenvalue weighted by Gasteiger charge is 2.28. The van der Waals surface area contributed by atoms with Crippen molar-refractivity contribution in [2.75, 3.05) is 24.0 Å². The Bertz CT molecular complexity index is 934. The molecule has 1 saturated heterocycles. The summed E-state index contributed by atoms with van der Waals surface area (Å²) in [5.74, 6) is -1.17. The molecule has 2 aromatic rings. The van der Waals surface area contributed by atoms with E-state index in [1.54, 1.807) is 18.2 Å². The van der Waals surface area contributed by atoms with Crippen molar-refractivity contribution in [2.45, 2.75) is 23.8 Å². The van der Waals surface area contributed by atoms with Crippen molar-refractivity contribution in [1.29, 1.82) is 0 Å². The molecule has 1 aliphatic rings. The quantitative estimate of drug-likeness (QED) is 0.738. The van der Waals surface area contributed by atoms with Crippen LogP contribution in [0.1, 0.15) is 12.8 Å². The van der Waals surface area contributed by atoms with Gasteiger partial charge in [0.25, 0.3) is 10.0 Å². The molecule has 1 amide bonds. The van der Waals surface area contributed by atoms with E-state index in [-0.39, 0.29) is 21.7 Å². The maximum Gasteiger partial charge on any atom is 0.264 e. The van der Waals surface area contributed by atoms with Gasteiger partial charge in [-0.2, -0.15) is 0 Å². The van der Waals surface area contributed by atoms with E-state index in [0.29, 0.717) is 13.2 Å². The second-order valence-electron chi connectivity index (χ2n) is 6.36. The Morgan fingerprint density at radius 3 is 2.64 bits per heavy atom. The van der Waals surface area contributed by atoms with Crippen LogP contribution in [0.5, 0.6) is 0 Å². The molecule has 6 nitrogen and oxygen atoms in total. The molecule has 1 heterocycles. The zero-order valence-corrected chi connectivity index (χ0v) is 16.5. The minimum Gasteiger partial charge on any atom is -0.376 e. The first-order valence-corrected chi connectivity index (χ1v) is 10.6. The summed E-state index contributed by atoms with van der Waals surface area (Å²) in [4.78, 5) is 12.4. The summed E-state index contributed by atoms with van der Waals surface area (Å²) in [6.45, 7) is 0.497. The lowest BCUT2D eigenvalue weighted by molar-refractivity contribution is -0.120. The number of rotatable bonds is 7. The number of hydrogen-bond acceptors (Lipinski definition) is 4. The molecule has 9 heteroatoms. The lowest BCUT2D eigenvalue weighted by Crippen LogP contribution is -2.42. The number of carbonyl (C=O) groups is 1. The molecule has 0 radical (unpaired) electrons. The van der Waals surface area contributed by atoms with Crippen LogP contribution in [0, 0.1) is 5.82 Å². The van der Waals surface area contributed by atoms with Gasteiger partial charge in [0, 0.05) is 13.2 Å². The van der Waals surface area contributed by atoms with Crippen LogP contribution in [0.15, 0.2) is 53.4 Å². The Labute approximate surface area is 168 Å². The van der Waals surface area contributed by atoms with E-state index < -0.39 is 28.3 Å². The van der Waals surface area contributed by atoms with Gasteiger partial charge < -0.3 is 10.1 Å². The molecular formula is C19H20ClFN2O4S. The predicted molar refractivity (Wildman–Crippen MR) is 104 cm³/mol. The molecule has 150 valence electrons. The van der Waals surface area contributed by atoms with E-state index in [9.17, 15) is 17.6 Å². The largest absolute Gasteiger partial charge is 0.376 e. The Balaban J connectivity index is 1.85. The van der Waals surface area contributed by atoms with Crippen LogP contribution in [0.25, 0.3) is 0 Å². The number of halogens is 2. The molecule has 1 atom stereocenters. The van der Waals surface area contributed by atoms with Crippen LogP contribution in [-0.2, 0) is 19.6 Å². The van der Waals surface area contributed by atoms with Gasteiger partial charge in [-0.25, -0.2) is 12.8 Å². The van der Waals surface area contributed by atoms with Crippen molar-refractivity contribution >= 4 is 33.2 Å². The third-order valence-electron chi connectivity index (χ3n) is 4.36. The molecule has 0 aliphatic carbocycles. The van der Waals surface area contributed by atoms with Crippen molar-refractivity contribution < 1.29 is 22.3 Å². The summed E-state index contributed by atoms with van der Waals surface area (Å²) >= 11 is 5.82. The lowest BCUT2D eigenvalue weighted by atomic mass is 10.2. The first-order valence-electron chi connectivity index (χ1n) is 8.79. The van der Waals surface area contributed by atoms with Crippen LogP contribution in [-0.4, -0.2) is 40.1 Å². The molecular weight excluding hydrogens is 407 g/mol. The molecule has 0 bridgehead atoms. The summed E-state index contributed by atoms with van der Waals surface area (Å²) < 4.78 is 46.1. The second kappa shape index (κ2) is 8.89. The second-order valence-corrected chi connectivity index (χ2v) is 8.63. The predicted octanol–water partition coefficient (Wildman–Crippen LogP) is 2.97. The third kappa shape index (κ3) is 4.81. The van der Waals surface area contributed by atoms with Crippen molar-refractivity contribution in [3.8, 4) is 0 Å². The monoisotopic (exact) mass is 426 g/mol. The average molecular weight is 427 g/mol. The van der Waals surface area contributed by atoms with Gasteiger partial charge in [0.2, 0.25) is 5.91 Å². The van der Waals surface area contributed by atoms with Crippen molar-refractivity contribution in [3.63, 3.8) is 0 Å². The summed E-state index contributed by atoms with van der Waals surface area (Å²) in [6, 6.07) is 11.2. The average Bonchev–Trinajstić information content (AvgIpc) is 3.21. The van der Waals surface area contributed by atoms with E-state index in [0.717, 1.165) is 23.2 Å². The van der Waals surface area contributed by atoms with E-state index >= 15 is 0 Å². The Morgan fingerprint density at radius 2 is 2.00 bits per heavy atom. The summed E-state index contributed by atoms with van der Waals surface area (Å²) in [6.07, 6.45) is 1.71. The van der Waals surface area contributed by atoms with Crippen LogP contribution < -0.4 is 9.62 Å². The number of anilines is 1. The van der Waals surface area contributed by atoms with Crippen molar-refractivity contribution in [1.82, 2.24) is 5.32 Å². The number of nitrogens with zero attached hydrogens (tertiary/aromatic N) is 1. The van der Waals surface area contributed by atoms with Gasteiger partial charge in [0.05, 0.1) is 21.7 Å². The molecule has 28 heavy (non-hydrogen) atoms. The number of hydrogen-bond donors (Lipinski definition) is 1. The van der Waals surface area contributed by atoms with E-state index in [2.05, 4.69) is 5.32 Å². The molecule has 0 aromatic heterocycles. The lowest BCUT2D eigenvalue weighted by Gasteiger charge is -2.24. The zero-order chi connectivity index (χ0) is 20.1. The molecule has 1 N–H and O–H groups in total. The number of amides is 1. The number of ether oxygens (including phenoxy) is 1. The third-order valence-corrected chi connectivity index (χ3v) is 6.44. The first-order chi connectivity index (χ1) is 13.4. The molecule has 3 rings (SSSR count). The van der Waals surface area contributed by atoms with Crippen LogP contribution in [0.4, 0.5) is 10.1 Å². The fourth-order valence-electron chi connectivity index (χ4n) is 2.89. The van der Waals surface area contributed by atoms with Gasteiger partial charge in [-0.05, 0) is 43.2 Å². The number of sulfonamides is 1. The minimum absolute atomic E-state index is 0.0161. The fraction of sp³-hybridized carbons (Fsp3) is 0.316. The van der Waals surface area contributed by atoms with E-state index in [1.807, 2.05) is 0 Å². The van der Waals surface area contributed by atoms with Crippen LogP contribution in [0.2, 0.25) is 5.02 Å². The van der Waals surface area contributed by atoms with Gasteiger partial charge in [-0.15, -0.1) is 0 Å². The highest BCUT2D eigenvalue weighted by molar-refractivity contribution is 7.92. The van der Waals surface area contributed by atoms with Gasteiger partial charge >= 0.3 is 0 Å². The molecule has 1 unspecified atom stereocenters. The van der Waals surface area contributed by atoms with E-state index in [1.165, 1.54) is 24.3 Å². The first kappa shape index (κ1) is 20.6. The standard InChI is InChI=1S/C19H20ClFN2O4S/c20-17-11-14(8-9-18(17)21)23(28(25,26)16-6-2-1-3-7-16)13-19(24)22-12-15-5-4-10-27-15/h1-3,6-9,11,15H,4-5,10,12-13H2,(H,22,24). The normalized spacial score (nSPS) is 16.7. The molecule has 1 aliphatic heterocycles. The summed E-state index contributed by atoms with van der Waals surface area (Å²) in [5, 5.41) is 2.47. The van der Waals surface area contributed by atoms with Crippen LogP contribution >= 0.6 is 11.6 Å². The topological polar surface area (TPSA) is 75.7 Å². The van der Waals surface area contributed by atoms with Gasteiger partial charge in [0.15, 0.2) is 0 Å². The van der Waals surface area contributed by atoms with Crippen LogP contribution in [0.3, 0.4) is 0 Å². The van der Waals surface area contributed by atoms with Crippen molar-refractivity contribution in [2.24, 2.45) is 0 Å². The smallest absolute Gasteiger partial charge is 0.264 e. The van der Waals surface area contributed by atoms with Gasteiger partial charge in [0.1, 0.15) is 12.4 Å². The Hall–Kier alpha value is -2.16. The Kier molecular flexibility index (Phi) is 6.53. The highest BCUT2D eigenvalue weighted by Crippen LogP contribution is 2.27. The number of nitrogens with one attached hydrogen (secondary N) is 1. The summed E-state index contributed by atoms with van der Waals surface area (Å²) in [7, 11) is -4.06. The summed E-state index contributed by atoms with van der Waals surface area (Å²) in [5.41, 5.74) is 0.0996. The van der Waals surface area contributed by atoms with Crippen molar-refractivity contribution in [3.05, 3.63) is 59.4 Å². The molecule has 2 aromatic carbocycles. The number of carbonyl (C=O) groups excluding carboxylic acids is 1. The maximum absolute atomic E-state index is 13.5.